The number of hydrogen-bond donors (Lipinski definition) is 1. The lowest BCUT2D eigenvalue weighted by molar-refractivity contribution is 0.343. The summed E-state index contributed by atoms with van der Waals surface area (Å²) in [6.07, 6.45) is 3.62. The molecule has 1 heterocycles. The Morgan fingerprint density at radius 3 is 2.46 bits per heavy atom. The van der Waals surface area contributed by atoms with Crippen molar-refractivity contribution in [3.05, 3.63) is 71.7 Å². The highest BCUT2D eigenvalue weighted by Gasteiger charge is 2.16. The molecule has 122 valence electrons. The lowest BCUT2D eigenvalue weighted by atomic mass is 9.90. The number of aliphatic hydroxyl groups is 1. The molecule has 3 aromatic rings. The maximum Gasteiger partial charge on any atom is 0.123 e. The van der Waals surface area contributed by atoms with E-state index in [2.05, 4.69) is 13.8 Å². The second kappa shape index (κ2) is 6.93. The quantitative estimate of drug-likeness (QED) is 0.719. The van der Waals surface area contributed by atoms with E-state index in [0.717, 1.165) is 33.3 Å². The van der Waals surface area contributed by atoms with E-state index in [4.69, 9.17) is 4.98 Å². The maximum atomic E-state index is 13.4. The summed E-state index contributed by atoms with van der Waals surface area (Å²) in [7, 11) is 0. The van der Waals surface area contributed by atoms with E-state index in [-0.39, 0.29) is 18.3 Å². The van der Waals surface area contributed by atoms with Crippen LogP contribution in [0.4, 0.5) is 4.39 Å². The van der Waals surface area contributed by atoms with Gasteiger partial charge in [0.25, 0.3) is 0 Å². The van der Waals surface area contributed by atoms with Gasteiger partial charge in [0.05, 0.1) is 17.8 Å². The van der Waals surface area contributed by atoms with Gasteiger partial charge in [0.2, 0.25) is 0 Å². The number of aromatic nitrogens is 1. The summed E-state index contributed by atoms with van der Waals surface area (Å²) in [5, 5.41) is 10.2. The molecule has 0 unspecified atom stereocenters. The molecule has 24 heavy (non-hydrogen) atoms. The first-order chi connectivity index (χ1) is 11.6. The number of nitrogens with zero attached hydrogens (tertiary/aromatic N) is 1. The predicted octanol–water partition coefficient (Wildman–Crippen LogP) is 5.17. The summed E-state index contributed by atoms with van der Waals surface area (Å²) in [4.78, 5) is 4.82. The van der Waals surface area contributed by atoms with Crippen LogP contribution in [0.2, 0.25) is 0 Å². The average Bonchev–Trinajstić information content (AvgIpc) is 2.59. The normalized spacial score (nSPS) is 11.7. The van der Waals surface area contributed by atoms with Crippen molar-refractivity contribution < 1.29 is 9.50 Å². The van der Waals surface area contributed by atoms with Gasteiger partial charge in [-0.2, -0.15) is 0 Å². The average molecular weight is 321 g/mol. The van der Waals surface area contributed by atoms with Gasteiger partial charge in [0, 0.05) is 16.5 Å². The zero-order chi connectivity index (χ0) is 17.1. The molecule has 0 radical (unpaired) electrons. The molecular weight excluding hydrogens is 301 g/mol. The SMILES string of the molecule is CC(C)c1nc2ccccc2c(-c2ccc(F)cc2)c1C=CCO. The van der Waals surface area contributed by atoms with Crippen molar-refractivity contribution in [1.82, 2.24) is 4.98 Å². The number of fused-ring (bicyclic) bond motifs is 1. The molecule has 3 heteroatoms. The summed E-state index contributed by atoms with van der Waals surface area (Å²) in [5.74, 6) is -0.0270. The van der Waals surface area contributed by atoms with Gasteiger partial charge in [-0.25, -0.2) is 4.39 Å². The largest absolute Gasteiger partial charge is 0.392 e. The van der Waals surface area contributed by atoms with E-state index < -0.39 is 0 Å². The highest BCUT2D eigenvalue weighted by Crippen LogP contribution is 2.36. The molecule has 0 aliphatic carbocycles. The van der Waals surface area contributed by atoms with Crippen LogP contribution in [0, 0.1) is 5.82 Å². The summed E-state index contributed by atoms with van der Waals surface area (Å²) in [5.41, 5.74) is 4.83. The maximum absolute atomic E-state index is 13.4. The Morgan fingerprint density at radius 1 is 1.08 bits per heavy atom. The lowest BCUT2D eigenvalue weighted by Crippen LogP contribution is -2.01. The van der Waals surface area contributed by atoms with Gasteiger partial charge in [-0.3, -0.25) is 4.98 Å². The van der Waals surface area contributed by atoms with Crippen LogP contribution in [0.5, 0.6) is 0 Å². The molecule has 0 fully saturated rings. The molecule has 0 spiro atoms. The van der Waals surface area contributed by atoms with Gasteiger partial charge < -0.3 is 5.11 Å². The van der Waals surface area contributed by atoms with Gasteiger partial charge in [0.15, 0.2) is 0 Å². The minimum absolute atomic E-state index is 0.0345. The van der Waals surface area contributed by atoms with Crippen molar-refractivity contribution in [2.24, 2.45) is 0 Å². The van der Waals surface area contributed by atoms with E-state index in [1.54, 1.807) is 18.2 Å². The zero-order valence-electron chi connectivity index (χ0n) is 13.8. The van der Waals surface area contributed by atoms with E-state index in [0.29, 0.717) is 0 Å². The number of benzene rings is 2. The molecule has 0 aliphatic rings. The summed E-state index contributed by atoms with van der Waals surface area (Å²) >= 11 is 0. The van der Waals surface area contributed by atoms with Crippen molar-refractivity contribution in [2.75, 3.05) is 6.61 Å². The third-order valence-electron chi connectivity index (χ3n) is 4.03. The summed E-state index contributed by atoms with van der Waals surface area (Å²) in [6, 6.07) is 14.5. The Balaban J connectivity index is 2.41. The Kier molecular flexibility index (Phi) is 4.72. The van der Waals surface area contributed by atoms with Crippen LogP contribution in [-0.2, 0) is 0 Å². The Hall–Kier alpha value is -2.52. The second-order valence-electron chi connectivity index (χ2n) is 6.05. The monoisotopic (exact) mass is 321 g/mol. The van der Waals surface area contributed by atoms with Gasteiger partial charge >= 0.3 is 0 Å². The van der Waals surface area contributed by atoms with Crippen molar-refractivity contribution in [3.8, 4) is 11.1 Å². The third kappa shape index (κ3) is 3.08. The first kappa shape index (κ1) is 16.3. The molecule has 2 nitrogen and oxygen atoms in total. The van der Waals surface area contributed by atoms with Crippen molar-refractivity contribution in [3.63, 3.8) is 0 Å². The van der Waals surface area contributed by atoms with Crippen LogP contribution in [0.15, 0.2) is 54.6 Å². The number of hydrogen-bond acceptors (Lipinski definition) is 2. The fraction of sp³-hybridized carbons (Fsp3) is 0.190. The predicted molar refractivity (Wildman–Crippen MR) is 97.3 cm³/mol. The fourth-order valence-electron chi connectivity index (χ4n) is 2.95. The number of aliphatic hydroxyl groups excluding tert-OH is 1. The molecule has 2 aromatic carbocycles. The van der Waals surface area contributed by atoms with Crippen LogP contribution in [0.1, 0.15) is 31.0 Å². The summed E-state index contributed by atoms with van der Waals surface area (Å²) in [6.45, 7) is 4.16. The first-order valence-electron chi connectivity index (χ1n) is 8.07. The minimum Gasteiger partial charge on any atom is -0.392 e. The summed E-state index contributed by atoms with van der Waals surface area (Å²) < 4.78 is 13.4. The van der Waals surface area contributed by atoms with Crippen LogP contribution in [0.3, 0.4) is 0 Å². The van der Waals surface area contributed by atoms with E-state index in [1.807, 2.05) is 30.3 Å². The van der Waals surface area contributed by atoms with Crippen LogP contribution >= 0.6 is 0 Å². The zero-order valence-corrected chi connectivity index (χ0v) is 13.8. The molecule has 0 atom stereocenters. The molecule has 0 saturated carbocycles. The van der Waals surface area contributed by atoms with Gasteiger partial charge in [-0.05, 0) is 29.7 Å². The minimum atomic E-state index is -0.256. The highest BCUT2D eigenvalue weighted by molar-refractivity contribution is 5.99. The molecule has 0 amide bonds. The fourth-order valence-corrected chi connectivity index (χ4v) is 2.95. The standard InChI is InChI=1S/C21H20FNO/c1-14(2)21-18(7-5-13-24)20(15-9-11-16(22)12-10-15)17-6-3-4-8-19(17)23-21/h3-12,14,24H,13H2,1-2H3. The topological polar surface area (TPSA) is 33.1 Å². The second-order valence-corrected chi connectivity index (χ2v) is 6.05. The van der Waals surface area contributed by atoms with E-state index in [1.165, 1.54) is 12.1 Å². The third-order valence-corrected chi connectivity index (χ3v) is 4.03. The smallest absolute Gasteiger partial charge is 0.123 e. The molecular formula is C21H20FNO. The van der Waals surface area contributed by atoms with E-state index >= 15 is 0 Å². The number of rotatable bonds is 4. The Bertz CT molecular complexity index is 882. The number of para-hydroxylation sites is 1. The highest BCUT2D eigenvalue weighted by atomic mass is 19.1. The Morgan fingerprint density at radius 2 is 1.79 bits per heavy atom. The number of pyridine rings is 1. The van der Waals surface area contributed by atoms with Gasteiger partial charge in [-0.15, -0.1) is 0 Å². The number of halogens is 1. The van der Waals surface area contributed by atoms with Gasteiger partial charge in [-0.1, -0.05) is 56.3 Å². The van der Waals surface area contributed by atoms with Crippen LogP contribution < -0.4 is 0 Å². The molecule has 0 saturated heterocycles. The molecule has 0 bridgehead atoms. The molecule has 1 aromatic heterocycles. The van der Waals surface area contributed by atoms with E-state index in [9.17, 15) is 9.50 Å². The molecule has 0 aliphatic heterocycles. The van der Waals surface area contributed by atoms with Gasteiger partial charge in [0.1, 0.15) is 5.82 Å². The lowest BCUT2D eigenvalue weighted by Gasteiger charge is -2.17. The van der Waals surface area contributed by atoms with Crippen LogP contribution in [-0.4, -0.2) is 16.7 Å². The van der Waals surface area contributed by atoms with Crippen molar-refractivity contribution in [1.29, 1.82) is 0 Å². The first-order valence-corrected chi connectivity index (χ1v) is 8.07. The molecule has 3 rings (SSSR count). The molecule has 1 N–H and O–H groups in total. The Labute approximate surface area is 141 Å². The van der Waals surface area contributed by atoms with Crippen molar-refractivity contribution >= 4 is 17.0 Å². The van der Waals surface area contributed by atoms with Crippen LogP contribution in [0.25, 0.3) is 28.1 Å². The van der Waals surface area contributed by atoms with Crippen molar-refractivity contribution in [2.45, 2.75) is 19.8 Å².